The molecule has 0 radical (unpaired) electrons. The van der Waals surface area contributed by atoms with Crippen molar-refractivity contribution < 1.29 is 24.0 Å². The van der Waals surface area contributed by atoms with E-state index in [2.05, 4.69) is 22.5 Å². The molecule has 0 unspecified atom stereocenters. The van der Waals surface area contributed by atoms with Crippen LogP contribution < -0.4 is 16.0 Å². The van der Waals surface area contributed by atoms with Gasteiger partial charge in [0.05, 0.1) is 6.42 Å². The topological polar surface area (TPSA) is 128 Å². The molecular formula is C41H44ClN5O5. The molecule has 1 heterocycles. The summed E-state index contributed by atoms with van der Waals surface area (Å²) in [5, 5.41) is 10.9. The van der Waals surface area contributed by atoms with Gasteiger partial charge in [0.2, 0.25) is 23.6 Å². The second-order valence-corrected chi connectivity index (χ2v) is 13.2. The molecule has 3 N–H and O–H groups in total. The van der Waals surface area contributed by atoms with Crippen molar-refractivity contribution in [1.82, 2.24) is 25.8 Å². The fourth-order valence-electron chi connectivity index (χ4n) is 6.37. The highest BCUT2D eigenvalue weighted by Gasteiger charge is 2.33. The van der Waals surface area contributed by atoms with Crippen molar-refractivity contribution in [2.45, 2.75) is 44.2 Å². The van der Waals surface area contributed by atoms with E-state index in [1.807, 2.05) is 66.7 Å². The zero-order valence-corrected chi connectivity index (χ0v) is 29.8. The number of nitrogens with zero attached hydrogens (tertiary/aromatic N) is 2. The first-order valence-corrected chi connectivity index (χ1v) is 17.9. The molecule has 1 aliphatic rings. The van der Waals surface area contributed by atoms with Crippen molar-refractivity contribution in [2.75, 3.05) is 32.7 Å². The third-order valence-corrected chi connectivity index (χ3v) is 9.54. The lowest BCUT2D eigenvalue weighted by Crippen LogP contribution is -2.58. The van der Waals surface area contributed by atoms with Gasteiger partial charge in [-0.15, -0.1) is 0 Å². The van der Waals surface area contributed by atoms with E-state index in [9.17, 15) is 24.0 Å². The number of amides is 5. The molecule has 0 aliphatic carbocycles. The van der Waals surface area contributed by atoms with E-state index in [4.69, 9.17) is 11.6 Å². The normalized spacial score (nSPS) is 13.9. The van der Waals surface area contributed by atoms with Crippen LogP contribution in [0, 0.1) is 0 Å². The van der Waals surface area contributed by atoms with Crippen molar-refractivity contribution in [1.29, 1.82) is 0 Å². The fraction of sp³-hybridized carbons (Fsp3) is 0.293. The van der Waals surface area contributed by atoms with Gasteiger partial charge in [-0.05, 0) is 59.4 Å². The van der Waals surface area contributed by atoms with E-state index in [0.717, 1.165) is 16.3 Å². The number of nitrogens with one attached hydrogen (secondary N) is 3. The van der Waals surface area contributed by atoms with Crippen LogP contribution >= 0.6 is 11.6 Å². The molecule has 0 aromatic heterocycles. The van der Waals surface area contributed by atoms with E-state index < -0.39 is 12.1 Å². The van der Waals surface area contributed by atoms with Crippen LogP contribution in [-0.2, 0) is 32.0 Å². The highest BCUT2D eigenvalue weighted by atomic mass is 35.5. The first kappa shape index (κ1) is 37.8. The quantitative estimate of drug-likeness (QED) is 0.121. The second kappa shape index (κ2) is 18.7. The van der Waals surface area contributed by atoms with E-state index in [1.54, 1.807) is 40.1 Å². The minimum atomic E-state index is -0.824. The third-order valence-electron chi connectivity index (χ3n) is 9.17. The van der Waals surface area contributed by atoms with Gasteiger partial charge < -0.3 is 25.8 Å². The molecule has 11 heteroatoms. The number of rotatable bonds is 15. The summed E-state index contributed by atoms with van der Waals surface area (Å²) in [5.74, 6) is -1.40. The predicted octanol–water partition coefficient (Wildman–Crippen LogP) is 4.71. The Kier molecular flexibility index (Phi) is 13.6. The van der Waals surface area contributed by atoms with Crippen LogP contribution in [0.3, 0.4) is 0 Å². The highest BCUT2D eigenvalue weighted by molar-refractivity contribution is 6.31. The lowest BCUT2D eigenvalue weighted by Gasteiger charge is -2.38. The highest BCUT2D eigenvalue weighted by Crippen LogP contribution is 2.20. The Morgan fingerprint density at radius 2 is 1.37 bits per heavy atom. The summed E-state index contributed by atoms with van der Waals surface area (Å²) < 4.78 is 0. The molecule has 0 saturated carbocycles. The van der Waals surface area contributed by atoms with Crippen molar-refractivity contribution >= 4 is 51.9 Å². The summed E-state index contributed by atoms with van der Waals surface area (Å²) in [6, 6.07) is 28.2. The zero-order valence-electron chi connectivity index (χ0n) is 29.1. The number of carbonyl (C=O) groups excluding carboxylic acids is 5. The molecule has 4 aromatic rings. The largest absolute Gasteiger partial charge is 0.353 e. The number of carbonyl (C=O) groups is 5. The average molecular weight is 722 g/mol. The Bertz CT molecular complexity index is 1890. The summed E-state index contributed by atoms with van der Waals surface area (Å²) in [7, 11) is 0. The number of unbranched alkanes of at least 4 members (excludes halogenated alkanes) is 1. The van der Waals surface area contributed by atoms with Crippen LogP contribution in [-0.4, -0.2) is 84.1 Å². The average Bonchev–Trinajstić information content (AvgIpc) is 3.17. The summed E-state index contributed by atoms with van der Waals surface area (Å²) in [6.07, 6.45) is 3.09. The van der Waals surface area contributed by atoms with E-state index in [1.165, 1.54) is 6.08 Å². The van der Waals surface area contributed by atoms with Gasteiger partial charge in [0, 0.05) is 49.7 Å². The minimum Gasteiger partial charge on any atom is -0.353 e. The monoisotopic (exact) mass is 721 g/mol. The summed E-state index contributed by atoms with van der Waals surface area (Å²) in [5.41, 5.74) is 2.06. The lowest BCUT2D eigenvalue weighted by atomic mass is 10.0. The molecule has 10 nitrogen and oxygen atoms in total. The Labute approximate surface area is 309 Å². The first-order chi connectivity index (χ1) is 25.2. The first-order valence-electron chi connectivity index (χ1n) is 17.6. The maximum Gasteiger partial charge on any atom is 0.252 e. The van der Waals surface area contributed by atoms with Crippen molar-refractivity contribution in [3.8, 4) is 0 Å². The maximum atomic E-state index is 14.1. The van der Waals surface area contributed by atoms with Gasteiger partial charge >= 0.3 is 0 Å². The smallest absolute Gasteiger partial charge is 0.252 e. The van der Waals surface area contributed by atoms with E-state index in [-0.39, 0.29) is 62.1 Å². The molecule has 1 aliphatic heterocycles. The SMILES string of the molecule is C=CC(=O)NCCCC[C@H](NC(=O)Cc1ccccc1Cl)C(=O)N1CCN(C(=O)[C@@H](Cc2ccccc2)NC(=O)c2cccc3ccccc23)CC1. The Morgan fingerprint density at radius 3 is 2.08 bits per heavy atom. The molecule has 1 saturated heterocycles. The molecule has 0 bridgehead atoms. The van der Waals surface area contributed by atoms with Crippen LogP contribution in [0.25, 0.3) is 10.8 Å². The Hall–Kier alpha value is -5.48. The molecule has 5 amide bonds. The molecule has 1 fully saturated rings. The molecule has 2 atom stereocenters. The second-order valence-electron chi connectivity index (χ2n) is 12.8. The fourth-order valence-corrected chi connectivity index (χ4v) is 6.57. The van der Waals surface area contributed by atoms with E-state index >= 15 is 0 Å². The summed E-state index contributed by atoms with van der Waals surface area (Å²) in [4.78, 5) is 69.6. The van der Waals surface area contributed by atoms with Gasteiger partial charge in [-0.3, -0.25) is 24.0 Å². The van der Waals surface area contributed by atoms with Gasteiger partial charge in [-0.1, -0.05) is 103 Å². The van der Waals surface area contributed by atoms with Crippen LogP contribution in [0.15, 0.2) is 110 Å². The van der Waals surface area contributed by atoms with Crippen molar-refractivity contribution in [3.63, 3.8) is 0 Å². The van der Waals surface area contributed by atoms with Crippen molar-refractivity contribution in [2.24, 2.45) is 0 Å². The molecule has 4 aromatic carbocycles. The number of halogens is 1. The van der Waals surface area contributed by atoms with Gasteiger partial charge in [0.1, 0.15) is 12.1 Å². The van der Waals surface area contributed by atoms with Gasteiger partial charge in [0.25, 0.3) is 5.91 Å². The maximum absolute atomic E-state index is 14.1. The number of benzene rings is 4. The predicted molar refractivity (Wildman–Crippen MR) is 203 cm³/mol. The Morgan fingerprint density at radius 1 is 0.731 bits per heavy atom. The third kappa shape index (κ3) is 10.3. The Balaban J connectivity index is 1.24. The molecular weight excluding hydrogens is 678 g/mol. The number of hydrogen-bond acceptors (Lipinski definition) is 5. The summed E-state index contributed by atoms with van der Waals surface area (Å²) in [6.45, 7) is 4.95. The standard InChI is InChI=1S/C41H44ClN5O5/c1-2-37(48)43-22-11-10-21-35(44-38(49)28-31-16-7-9-20-34(31)42)40(51)46-23-25-47(26-24-46)41(52)36(27-29-13-4-3-5-14-29)45-39(50)33-19-12-17-30-15-6-8-18-32(30)33/h2-9,12-20,35-36H,1,10-11,21-28H2,(H,43,48)(H,44,49)(H,45,50)/t35-,36+/m0/s1. The minimum absolute atomic E-state index is 0.0222. The van der Waals surface area contributed by atoms with Gasteiger partial charge in [0.15, 0.2) is 0 Å². The van der Waals surface area contributed by atoms with Crippen molar-refractivity contribution in [3.05, 3.63) is 131 Å². The molecule has 0 spiro atoms. The van der Waals surface area contributed by atoms with Crippen LogP contribution in [0.5, 0.6) is 0 Å². The number of fused-ring (bicyclic) bond motifs is 1. The van der Waals surface area contributed by atoms with Crippen LogP contribution in [0.4, 0.5) is 0 Å². The molecule has 270 valence electrons. The van der Waals surface area contributed by atoms with Gasteiger partial charge in [-0.2, -0.15) is 0 Å². The molecule has 52 heavy (non-hydrogen) atoms. The van der Waals surface area contributed by atoms with Crippen LogP contribution in [0.2, 0.25) is 5.02 Å². The zero-order chi connectivity index (χ0) is 36.9. The number of piperazine rings is 1. The molecule has 5 rings (SSSR count). The lowest BCUT2D eigenvalue weighted by molar-refractivity contribution is -0.142. The van der Waals surface area contributed by atoms with E-state index in [0.29, 0.717) is 48.4 Å². The summed E-state index contributed by atoms with van der Waals surface area (Å²) >= 11 is 6.28. The number of hydrogen-bond donors (Lipinski definition) is 3. The van der Waals surface area contributed by atoms with Crippen LogP contribution in [0.1, 0.15) is 40.7 Å². The van der Waals surface area contributed by atoms with Gasteiger partial charge in [-0.25, -0.2) is 0 Å².